The Morgan fingerprint density at radius 3 is 2.82 bits per heavy atom. The molecule has 2 N–H and O–H groups in total. The van der Waals surface area contributed by atoms with Crippen molar-refractivity contribution < 1.29 is 5.21 Å². The van der Waals surface area contributed by atoms with Gasteiger partial charge in [0.1, 0.15) is 0 Å². The van der Waals surface area contributed by atoms with Crippen LogP contribution in [-0.2, 0) is 0 Å². The van der Waals surface area contributed by atoms with E-state index < -0.39 is 0 Å². The first kappa shape index (κ1) is 8.08. The Morgan fingerprint density at radius 2 is 2.18 bits per heavy atom. The SMILES string of the molecule is CC1=C(C)C(NO)=CC=CC1. The number of allylic oxidation sites excluding steroid dienone is 5. The van der Waals surface area contributed by atoms with E-state index in [4.69, 9.17) is 5.21 Å². The fourth-order valence-electron chi connectivity index (χ4n) is 1.04. The topological polar surface area (TPSA) is 32.3 Å². The average molecular weight is 151 g/mol. The standard InChI is InChI=1S/C9H13NO/c1-7-5-3-4-6-9(10-11)8(7)2/h3-4,6,10-11H,5H2,1-2H3. The maximum Gasteiger partial charge on any atom is 0.0630 e. The highest BCUT2D eigenvalue weighted by Crippen LogP contribution is 2.17. The second-order valence-electron chi connectivity index (χ2n) is 2.73. The molecule has 0 heterocycles. The fraction of sp³-hybridized carbons (Fsp3) is 0.333. The summed E-state index contributed by atoms with van der Waals surface area (Å²) in [5.74, 6) is 0. The first-order chi connectivity index (χ1) is 5.25. The molecule has 60 valence electrons. The van der Waals surface area contributed by atoms with Crippen LogP contribution in [0.25, 0.3) is 0 Å². The van der Waals surface area contributed by atoms with Crippen molar-refractivity contribution in [2.24, 2.45) is 0 Å². The van der Waals surface area contributed by atoms with Gasteiger partial charge in [-0.25, -0.2) is 0 Å². The fourth-order valence-corrected chi connectivity index (χ4v) is 1.04. The van der Waals surface area contributed by atoms with Gasteiger partial charge < -0.3 is 0 Å². The van der Waals surface area contributed by atoms with Gasteiger partial charge in [-0.15, -0.1) is 0 Å². The number of rotatable bonds is 1. The molecule has 0 spiro atoms. The van der Waals surface area contributed by atoms with Gasteiger partial charge in [-0.2, -0.15) is 0 Å². The Balaban J connectivity index is 2.97. The van der Waals surface area contributed by atoms with Crippen molar-refractivity contribution in [3.63, 3.8) is 0 Å². The van der Waals surface area contributed by atoms with Gasteiger partial charge in [0.2, 0.25) is 0 Å². The summed E-state index contributed by atoms with van der Waals surface area (Å²) < 4.78 is 0. The van der Waals surface area contributed by atoms with Gasteiger partial charge in [-0.1, -0.05) is 17.7 Å². The zero-order chi connectivity index (χ0) is 8.27. The zero-order valence-corrected chi connectivity index (χ0v) is 6.89. The molecule has 0 aromatic heterocycles. The lowest BCUT2D eigenvalue weighted by atomic mass is 10.1. The van der Waals surface area contributed by atoms with Crippen LogP contribution in [0.5, 0.6) is 0 Å². The Hall–Kier alpha value is -1.02. The lowest BCUT2D eigenvalue weighted by Gasteiger charge is -2.06. The van der Waals surface area contributed by atoms with Crippen molar-refractivity contribution in [1.82, 2.24) is 5.48 Å². The van der Waals surface area contributed by atoms with Gasteiger partial charge in [0, 0.05) is 0 Å². The molecule has 1 rings (SSSR count). The molecule has 2 nitrogen and oxygen atoms in total. The normalized spacial score (nSPS) is 17.9. The third-order valence-corrected chi connectivity index (χ3v) is 1.99. The van der Waals surface area contributed by atoms with Crippen molar-refractivity contribution in [1.29, 1.82) is 0 Å². The van der Waals surface area contributed by atoms with E-state index in [0.29, 0.717) is 0 Å². The van der Waals surface area contributed by atoms with Crippen LogP contribution >= 0.6 is 0 Å². The van der Waals surface area contributed by atoms with Gasteiger partial charge in [-0.05, 0) is 31.9 Å². The lowest BCUT2D eigenvalue weighted by Crippen LogP contribution is -2.08. The predicted molar refractivity (Wildman–Crippen MR) is 45.1 cm³/mol. The van der Waals surface area contributed by atoms with Crippen molar-refractivity contribution in [2.45, 2.75) is 20.3 Å². The zero-order valence-electron chi connectivity index (χ0n) is 6.89. The first-order valence-electron chi connectivity index (χ1n) is 3.69. The Morgan fingerprint density at radius 1 is 1.45 bits per heavy atom. The van der Waals surface area contributed by atoms with Crippen LogP contribution in [0.15, 0.2) is 35.1 Å². The molecule has 1 aliphatic rings. The molecule has 0 atom stereocenters. The third kappa shape index (κ3) is 1.71. The van der Waals surface area contributed by atoms with E-state index in [9.17, 15) is 0 Å². The van der Waals surface area contributed by atoms with E-state index in [1.807, 2.05) is 19.1 Å². The summed E-state index contributed by atoms with van der Waals surface area (Å²) in [6, 6.07) is 0. The van der Waals surface area contributed by atoms with Crippen LogP contribution in [0.4, 0.5) is 0 Å². The molecule has 0 radical (unpaired) electrons. The monoisotopic (exact) mass is 151 g/mol. The van der Waals surface area contributed by atoms with Crippen LogP contribution < -0.4 is 5.48 Å². The van der Waals surface area contributed by atoms with E-state index in [-0.39, 0.29) is 0 Å². The third-order valence-electron chi connectivity index (χ3n) is 1.99. The summed E-state index contributed by atoms with van der Waals surface area (Å²) in [7, 11) is 0. The highest BCUT2D eigenvalue weighted by molar-refractivity contribution is 5.36. The lowest BCUT2D eigenvalue weighted by molar-refractivity contribution is 0.203. The van der Waals surface area contributed by atoms with Crippen molar-refractivity contribution in [2.75, 3.05) is 0 Å². The number of hydrogen-bond acceptors (Lipinski definition) is 2. The number of hydrogen-bond donors (Lipinski definition) is 2. The quantitative estimate of drug-likeness (QED) is 0.563. The molecule has 11 heavy (non-hydrogen) atoms. The van der Waals surface area contributed by atoms with E-state index >= 15 is 0 Å². The molecule has 0 saturated heterocycles. The van der Waals surface area contributed by atoms with E-state index in [0.717, 1.165) is 17.7 Å². The highest BCUT2D eigenvalue weighted by atomic mass is 16.5. The van der Waals surface area contributed by atoms with E-state index in [1.54, 1.807) is 0 Å². The summed E-state index contributed by atoms with van der Waals surface area (Å²) in [4.78, 5) is 0. The Bertz CT molecular complexity index is 236. The van der Waals surface area contributed by atoms with Crippen molar-refractivity contribution in [3.05, 3.63) is 35.1 Å². The number of nitrogens with one attached hydrogen (secondary N) is 1. The minimum absolute atomic E-state index is 0.788. The molecule has 1 aliphatic carbocycles. The Kier molecular flexibility index (Phi) is 2.49. The molecule has 0 saturated carbocycles. The van der Waals surface area contributed by atoms with Crippen LogP contribution in [0, 0.1) is 0 Å². The highest BCUT2D eigenvalue weighted by Gasteiger charge is 2.02. The largest absolute Gasteiger partial charge is 0.291 e. The molecule has 0 bridgehead atoms. The maximum absolute atomic E-state index is 8.72. The van der Waals surface area contributed by atoms with Gasteiger partial charge in [-0.3, -0.25) is 10.7 Å². The van der Waals surface area contributed by atoms with E-state index in [1.165, 1.54) is 5.57 Å². The minimum Gasteiger partial charge on any atom is -0.291 e. The van der Waals surface area contributed by atoms with Crippen LogP contribution in [-0.4, -0.2) is 5.21 Å². The van der Waals surface area contributed by atoms with Gasteiger partial charge in [0.25, 0.3) is 0 Å². The minimum atomic E-state index is 0.788. The van der Waals surface area contributed by atoms with Crippen molar-refractivity contribution >= 4 is 0 Å². The molecule has 0 aromatic carbocycles. The second-order valence-corrected chi connectivity index (χ2v) is 2.73. The van der Waals surface area contributed by atoms with Gasteiger partial charge in [0.05, 0.1) is 5.70 Å². The molecular weight excluding hydrogens is 138 g/mol. The van der Waals surface area contributed by atoms with Crippen LogP contribution in [0.1, 0.15) is 20.3 Å². The summed E-state index contributed by atoms with van der Waals surface area (Å²) in [5.41, 5.74) is 5.37. The average Bonchev–Trinajstić information content (AvgIpc) is 2.16. The maximum atomic E-state index is 8.72. The molecule has 2 heteroatoms. The smallest absolute Gasteiger partial charge is 0.0630 e. The van der Waals surface area contributed by atoms with Gasteiger partial charge >= 0.3 is 0 Å². The number of hydroxylamine groups is 1. The van der Waals surface area contributed by atoms with Gasteiger partial charge in [0.15, 0.2) is 0 Å². The molecule has 0 fully saturated rings. The summed E-state index contributed by atoms with van der Waals surface area (Å²) in [6.45, 7) is 4.06. The summed E-state index contributed by atoms with van der Waals surface area (Å²) in [6.07, 6.45) is 6.85. The van der Waals surface area contributed by atoms with Crippen LogP contribution in [0.3, 0.4) is 0 Å². The predicted octanol–water partition coefficient (Wildman–Crippen LogP) is 2.15. The molecule has 0 aromatic rings. The summed E-state index contributed by atoms with van der Waals surface area (Å²) >= 11 is 0. The second kappa shape index (κ2) is 3.39. The first-order valence-corrected chi connectivity index (χ1v) is 3.69. The summed E-state index contributed by atoms with van der Waals surface area (Å²) in [5, 5.41) is 8.72. The molecular formula is C9H13NO. The molecule has 0 unspecified atom stereocenters. The molecule has 0 aliphatic heterocycles. The van der Waals surface area contributed by atoms with Crippen molar-refractivity contribution in [3.8, 4) is 0 Å². The molecule has 0 amide bonds. The Labute approximate surface area is 66.9 Å². The van der Waals surface area contributed by atoms with Crippen LogP contribution in [0.2, 0.25) is 0 Å². The van der Waals surface area contributed by atoms with E-state index in [2.05, 4.69) is 18.5 Å².